The number of rotatable bonds is 3. The van der Waals surface area contributed by atoms with Crippen LogP contribution in [-0.4, -0.2) is 30.3 Å². The predicted molar refractivity (Wildman–Crippen MR) is 71.7 cm³/mol. The summed E-state index contributed by atoms with van der Waals surface area (Å²) >= 11 is 0. The van der Waals surface area contributed by atoms with E-state index in [1.165, 1.54) is 6.08 Å². The van der Waals surface area contributed by atoms with Gasteiger partial charge in [0, 0.05) is 17.6 Å². The highest BCUT2D eigenvalue weighted by atomic mass is 19.3. The minimum atomic E-state index is -1.92. The van der Waals surface area contributed by atoms with Crippen molar-refractivity contribution in [1.82, 2.24) is 5.32 Å². The second-order valence-electron chi connectivity index (χ2n) is 5.50. The highest BCUT2D eigenvalue weighted by molar-refractivity contribution is 5.90. The molecule has 0 saturated heterocycles. The first-order chi connectivity index (χ1) is 9.64. The summed E-state index contributed by atoms with van der Waals surface area (Å²) in [6.45, 7) is 6.75. The van der Waals surface area contributed by atoms with Crippen LogP contribution in [0.2, 0.25) is 0 Å². The molecule has 7 heteroatoms. The molecule has 0 aromatic carbocycles. The van der Waals surface area contributed by atoms with Crippen molar-refractivity contribution in [2.24, 2.45) is 0 Å². The largest absolute Gasteiger partial charge is 0.463 e. The van der Waals surface area contributed by atoms with Crippen LogP contribution in [0.4, 0.5) is 13.6 Å². The number of hydrogen-bond donors (Lipinski definition) is 1. The van der Waals surface area contributed by atoms with Gasteiger partial charge in [-0.1, -0.05) is 0 Å². The fourth-order valence-corrected chi connectivity index (χ4v) is 1.79. The van der Waals surface area contributed by atoms with Crippen LogP contribution in [0, 0.1) is 0 Å². The second-order valence-corrected chi connectivity index (χ2v) is 5.50. The van der Waals surface area contributed by atoms with Crippen molar-refractivity contribution in [2.75, 3.05) is 6.61 Å². The van der Waals surface area contributed by atoms with Crippen LogP contribution in [0.25, 0.3) is 0 Å². The number of carbonyl (C=O) groups is 2. The van der Waals surface area contributed by atoms with Crippen molar-refractivity contribution in [2.45, 2.75) is 45.8 Å². The van der Waals surface area contributed by atoms with E-state index in [4.69, 9.17) is 9.47 Å². The molecule has 0 saturated carbocycles. The van der Waals surface area contributed by atoms with Crippen molar-refractivity contribution < 1.29 is 27.8 Å². The van der Waals surface area contributed by atoms with Gasteiger partial charge in [-0.25, -0.2) is 9.59 Å². The number of halogens is 2. The molecule has 5 nitrogen and oxygen atoms in total. The Balaban J connectivity index is 2.84. The summed E-state index contributed by atoms with van der Waals surface area (Å²) in [5.41, 5.74) is -0.973. The SMILES string of the molecule is CCOC(=O)C1=C[C@H](NC(=O)OC(C)(C)C)C(=C(F)F)C1. The molecule has 0 aromatic heterocycles. The lowest BCUT2D eigenvalue weighted by atomic mass is 10.1. The zero-order chi connectivity index (χ0) is 16.2. The smallest absolute Gasteiger partial charge is 0.408 e. The van der Waals surface area contributed by atoms with Gasteiger partial charge in [-0.15, -0.1) is 0 Å². The molecule has 0 unspecified atom stereocenters. The van der Waals surface area contributed by atoms with E-state index in [0.29, 0.717) is 0 Å². The van der Waals surface area contributed by atoms with E-state index in [1.54, 1.807) is 27.7 Å². The van der Waals surface area contributed by atoms with Crippen molar-refractivity contribution in [1.29, 1.82) is 0 Å². The molecule has 1 aliphatic carbocycles. The van der Waals surface area contributed by atoms with Crippen LogP contribution < -0.4 is 5.32 Å². The van der Waals surface area contributed by atoms with E-state index in [2.05, 4.69) is 5.32 Å². The Hall–Kier alpha value is -1.92. The maximum absolute atomic E-state index is 12.9. The van der Waals surface area contributed by atoms with E-state index < -0.39 is 29.8 Å². The van der Waals surface area contributed by atoms with Gasteiger partial charge in [-0.2, -0.15) is 8.78 Å². The van der Waals surface area contributed by atoms with Crippen LogP contribution in [0.5, 0.6) is 0 Å². The fraction of sp³-hybridized carbons (Fsp3) is 0.571. The average molecular weight is 303 g/mol. The molecule has 0 spiro atoms. The highest BCUT2D eigenvalue weighted by Crippen LogP contribution is 2.29. The Morgan fingerprint density at radius 1 is 1.38 bits per heavy atom. The van der Waals surface area contributed by atoms with Crippen molar-refractivity contribution in [3.63, 3.8) is 0 Å². The molecule has 0 bridgehead atoms. The maximum atomic E-state index is 12.9. The van der Waals surface area contributed by atoms with Crippen molar-refractivity contribution >= 4 is 12.1 Å². The summed E-state index contributed by atoms with van der Waals surface area (Å²) in [5, 5.41) is 2.31. The first-order valence-corrected chi connectivity index (χ1v) is 6.55. The number of alkyl carbamates (subject to hydrolysis) is 1. The Bertz CT molecular complexity index is 488. The standard InChI is InChI=1S/C14H19F2NO4/c1-5-20-12(18)8-6-9(11(15)16)10(7-8)17-13(19)21-14(2,3)4/h7,10H,5-6H2,1-4H3,(H,17,19)/t10-/m0/s1. The maximum Gasteiger partial charge on any atom is 0.408 e. The molecule has 1 aliphatic rings. The quantitative estimate of drug-likeness (QED) is 0.814. The van der Waals surface area contributed by atoms with Crippen molar-refractivity contribution in [3.05, 3.63) is 23.3 Å². The van der Waals surface area contributed by atoms with Crippen LogP contribution in [0.1, 0.15) is 34.1 Å². The molecule has 21 heavy (non-hydrogen) atoms. The van der Waals surface area contributed by atoms with Gasteiger partial charge in [0.25, 0.3) is 6.08 Å². The lowest BCUT2D eigenvalue weighted by Crippen LogP contribution is -2.38. The summed E-state index contributed by atoms with van der Waals surface area (Å²) in [4.78, 5) is 23.2. The number of carbonyl (C=O) groups excluding carboxylic acids is 2. The van der Waals surface area contributed by atoms with Gasteiger partial charge >= 0.3 is 12.1 Å². The van der Waals surface area contributed by atoms with Crippen LogP contribution in [0.15, 0.2) is 23.3 Å². The van der Waals surface area contributed by atoms with E-state index in [9.17, 15) is 18.4 Å². The van der Waals surface area contributed by atoms with Gasteiger partial charge in [-0.05, 0) is 33.8 Å². The third kappa shape index (κ3) is 5.17. The summed E-state index contributed by atoms with van der Waals surface area (Å²) < 4.78 is 35.6. The Kier molecular flexibility index (Phi) is 5.46. The minimum Gasteiger partial charge on any atom is -0.463 e. The Labute approximate surface area is 122 Å². The summed E-state index contributed by atoms with van der Waals surface area (Å²) in [7, 11) is 0. The Morgan fingerprint density at radius 3 is 2.48 bits per heavy atom. The molecule has 1 rings (SSSR count). The highest BCUT2D eigenvalue weighted by Gasteiger charge is 2.31. The third-order valence-electron chi connectivity index (χ3n) is 2.58. The molecule has 1 atom stereocenters. The lowest BCUT2D eigenvalue weighted by molar-refractivity contribution is -0.138. The lowest BCUT2D eigenvalue weighted by Gasteiger charge is -2.21. The van der Waals surface area contributed by atoms with Crippen molar-refractivity contribution in [3.8, 4) is 0 Å². The predicted octanol–water partition coefficient (Wildman–Crippen LogP) is 2.92. The topological polar surface area (TPSA) is 64.6 Å². The number of ether oxygens (including phenoxy) is 2. The van der Waals surface area contributed by atoms with Gasteiger partial charge in [0.2, 0.25) is 0 Å². The zero-order valence-corrected chi connectivity index (χ0v) is 12.5. The van der Waals surface area contributed by atoms with Gasteiger partial charge in [-0.3, -0.25) is 0 Å². The van der Waals surface area contributed by atoms with Crippen LogP contribution >= 0.6 is 0 Å². The van der Waals surface area contributed by atoms with E-state index in [0.717, 1.165) is 0 Å². The zero-order valence-electron chi connectivity index (χ0n) is 12.5. The van der Waals surface area contributed by atoms with E-state index in [-0.39, 0.29) is 24.2 Å². The number of amides is 1. The van der Waals surface area contributed by atoms with Crippen LogP contribution in [-0.2, 0) is 14.3 Å². The molecular weight excluding hydrogens is 284 g/mol. The van der Waals surface area contributed by atoms with Crippen LogP contribution in [0.3, 0.4) is 0 Å². The fourth-order valence-electron chi connectivity index (χ4n) is 1.79. The third-order valence-corrected chi connectivity index (χ3v) is 2.58. The summed E-state index contributed by atoms with van der Waals surface area (Å²) in [6, 6.07) is -1.07. The number of esters is 1. The second kappa shape index (κ2) is 6.69. The monoisotopic (exact) mass is 303 g/mol. The van der Waals surface area contributed by atoms with Gasteiger partial charge in [0.15, 0.2) is 0 Å². The van der Waals surface area contributed by atoms with E-state index >= 15 is 0 Å². The molecule has 1 amide bonds. The molecule has 0 heterocycles. The van der Waals surface area contributed by atoms with Gasteiger partial charge < -0.3 is 14.8 Å². The average Bonchev–Trinajstić information content (AvgIpc) is 2.70. The normalized spacial score (nSPS) is 18.1. The molecule has 118 valence electrons. The first-order valence-electron chi connectivity index (χ1n) is 6.55. The summed E-state index contributed by atoms with van der Waals surface area (Å²) in [5.74, 6) is -0.662. The molecule has 0 fully saturated rings. The molecule has 1 N–H and O–H groups in total. The molecule has 0 aromatic rings. The number of nitrogens with one attached hydrogen (secondary N) is 1. The molecule has 0 radical (unpaired) electrons. The summed E-state index contributed by atoms with van der Waals surface area (Å²) in [6.07, 6.45) is -1.74. The number of hydrogen-bond acceptors (Lipinski definition) is 4. The van der Waals surface area contributed by atoms with E-state index in [1.807, 2.05) is 0 Å². The molecule has 0 aliphatic heterocycles. The van der Waals surface area contributed by atoms with Gasteiger partial charge in [0.05, 0.1) is 12.6 Å². The van der Waals surface area contributed by atoms with Gasteiger partial charge in [0.1, 0.15) is 5.60 Å². The molecular formula is C14H19F2NO4. The Morgan fingerprint density at radius 2 is 2.00 bits per heavy atom. The minimum absolute atomic E-state index is 0.0979. The first kappa shape index (κ1) is 17.1.